The van der Waals surface area contributed by atoms with E-state index in [0.717, 1.165) is 11.1 Å². The number of carbonyl (C=O) groups is 2. The second-order valence-electron chi connectivity index (χ2n) is 20.9. The molecule has 0 spiro atoms. The van der Waals surface area contributed by atoms with Crippen molar-refractivity contribution < 1.29 is 69.4 Å². The third-order valence-corrected chi connectivity index (χ3v) is 15.0. The number of anilines is 2. The number of benzene rings is 4. The van der Waals surface area contributed by atoms with Crippen LogP contribution in [0.15, 0.2) is 121 Å². The summed E-state index contributed by atoms with van der Waals surface area (Å²) in [5, 5.41) is 88.7. The van der Waals surface area contributed by atoms with Gasteiger partial charge in [0.05, 0.1) is 48.1 Å². The Morgan fingerprint density at radius 1 is 0.464 bits per heavy atom. The number of nitrogens with zero attached hydrogens (tertiary/aromatic N) is 2. The monoisotopic (exact) mass is 1140 g/mol. The number of ether oxygens (including phenoxy) is 4. The Hall–Kier alpha value is -8.46. The molecular weight excluding hydrogens is 1080 g/mol. The molecule has 0 radical (unpaired) electrons. The van der Waals surface area contributed by atoms with Gasteiger partial charge in [0.1, 0.15) is 60.3 Å². The SMILES string of the molecule is C[C@H](N)C(=O)Nc1ccc(-c2c3nc(c(-c4ccc(NC(=O)[C@H](C)N)cc4)c4ccc([nH]4)c(-c4ccc(O[C@@H]5O[C@H](CO)[C@@H](O)[C@H](O)[C@H]5O)cc4)c4nc(c(-c5ccc(O[C@@H]6O[C@H](CO)[C@@H](O)[C@H](O)[C@H]6O)cc5)c5ccc2[nH]5)C=C4)C=C3)cc1. The number of fused-ring (bicyclic) bond motifs is 8. The maximum atomic E-state index is 12.7. The summed E-state index contributed by atoms with van der Waals surface area (Å²) in [5.74, 6) is -0.211. The number of aliphatic hydroxyl groups is 8. The molecule has 8 bridgehead atoms. The van der Waals surface area contributed by atoms with Crippen molar-refractivity contribution in [3.05, 3.63) is 144 Å². The average Bonchev–Trinajstić information content (AvgIpc) is 3.63. The molecule has 22 heteroatoms. The molecule has 12 atom stereocenters. The van der Waals surface area contributed by atoms with E-state index >= 15 is 0 Å². The Morgan fingerprint density at radius 2 is 0.750 bits per heavy atom. The predicted octanol–water partition coefficient (Wildman–Crippen LogP) is 4.25. The van der Waals surface area contributed by atoms with Gasteiger partial charge in [0.2, 0.25) is 24.4 Å². The summed E-state index contributed by atoms with van der Waals surface area (Å²) in [7, 11) is 0. The molecule has 0 unspecified atom stereocenters. The van der Waals surface area contributed by atoms with Crippen molar-refractivity contribution in [2.75, 3.05) is 23.8 Å². The van der Waals surface area contributed by atoms with E-state index in [1.54, 1.807) is 86.6 Å². The van der Waals surface area contributed by atoms with Crippen LogP contribution in [0, 0.1) is 0 Å². The van der Waals surface area contributed by atoms with Crippen LogP contribution in [0.2, 0.25) is 0 Å². The number of aromatic amines is 2. The first kappa shape index (κ1) is 57.4. The normalized spacial score (nSPS) is 23.6. The zero-order valence-corrected chi connectivity index (χ0v) is 45.3. The lowest BCUT2D eigenvalue weighted by Crippen LogP contribution is -2.60. The van der Waals surface area contributed by atoms with E-state index < -0.39 is 86.7 Å². The number of hydrogen-bond acceptors (Lipinski definition) is 18. The largest absolute Gasteiger partial charge is 0.462 e. The smallest absolute Gasteiger partial charge is 0.240 e. The second-order valence-corrected chi connectivity index (χ2v) is 20.9. The molecule has 3 aromatic heterocycles. The van der Waals surface area contributed by atoms with Gasteiger partial charge in [-0.25, -0.2) is 9.97 Å². The predicted molar refractivity (Wildman–Crippen MR) is 314 cm³/mol. The van der Waals surface area contributed by atoms with E-state index in [4.69, 9.17) is 40.4 Å². The number of H-pyrrole nitrogens is 2. The lowest BCUT2D eigenvalue weighted by atomic mass is 9.99. The summed E-state index contributed by atoms with van der Waals surface area (Å²) in [4.78, 5) is 43.4. The molecule has 7 heterocycles. The lowest BCUT2D eigenvalue weighted by molar-refractivity contribution is -0.277. The first-order valence-electron chi connectivity index (χ1n) is 27.1. The molecule has 7 aromatic rings. The number of aromatic nitrogens is 4. The van der Waals surface area contributed by atoms with Gasteiger partial charge in [0.25, 0.3) is 0 Å². The van der Waals surface area contributed by atoms with E-state index in [0.29, 0.717) is 89.6 Å². The number of hydrogen-bond donors (Lipinski definition) is 14. The van der Waals surface area contributed by atoms with Crippen LogP contribution in [0.25, 0.3) is 90.9 Å². The lowest BCUT2D eigenvalue weighted by Gasteiger charge is -2.39. The zero-order chi connectivity index (χ0) is 59.1. The molecule has 84 heavy (non-hydrogen) atoms. The summed E-state index contributed by atoms with van der Waals surface area (Å²) in [6.45, 7) is 1.94. The van der Waals surface area contributed by atoms with Gasteiger partial charge in [0, 0.05) is 55.7 Å². The van der Waals surface area contributed by atoms with Gasteiger partial charge in [-0.05, 0) is 133 Å². The topological polar surface area (TPSA) is 366 Å². The van der Waals surface area contributed by atoms with Gasteiger partial charge in [0.15, 0.2) is 0 Å². The van der Waals surface area contributed by atoms with Crippen LogP contribution in [-0.4, -0.2) is 159 Å². The minimum Gasteiger partial charge on any atom is -0.462 e. The highest BCUT2D eigenvalue weighted by Crippen LogP contribution is 2.40. The summed E-state index contributed by atoms with van der Waals surface area (Å²) in [6, 6.07) is 34.7. The fourth-order valence-corrected chi connectivity index (χ4v) is 10.4. The standard InChI is InChI=1S/C62H62N8O14/c1-29(63)59(79)65-35-11-3-31(4-12-35)49-39-19-20-40(67-39)50(32-5-13-36(14-6-32)66-60(80)30(2)64)42-22-24-44(69-42)52(34-9-17-38(18-10-34)82-62-58(78)56(76)54(74)48(28-72)84-62)46-26-25-45(70-46)51(43-23-21-41(49)68-43)33-7-15-37(16-8-33)81-61-57(77)55(75)53(73)47(27-71)83-61/h3-26,29-30,47-48,53-58,61-62,68-69,71-78H,27-28,63-64H2,1-2H3,(H,65,79)(H,66,80)/t29-,30-,47+,48+,53+,54+,55-,56-,57+,58+,61+,62+/m0/s1. The molecule has 4 aliphatic heterocycles. The fourth-order valence-electron chi connectivity index (χ4n) is 10.4. The Kier molecular flexibility index (Phi) is 16.4. The summed E-state index contributed by atoms with van der Waals surface area (Å²) in [6.07, 6.45) is -7.31. The van der Waals surface area contributed by atoms with Crippen molar-refractivity contribution in [1.29, 1.82) is 0 Å². The Labute approximate surface area is 480 Å². The van der Waals surface area contributed by atoms with Crippen LogP contribution in [0.5, 0.6) is 11.5 Å². The third-order valence-electron chi connectivity index (χ3n) is 15.0. The van der Waals surface area contributed by atoms with Crippen molar-refractivity contribution in [2.24, 2.45) is 11.5 Å². The van der Waals surface area contributed by atoms with Crippen LogP contribution in [0.4, 0.5) is 11.4 Å². The van der Waals surface area contributed by atoms with Crippen molar-refractivity contribution in [2.45, 2.75) is 87.3 Å². The molecule has 2 fully saturated rings. The summed E-state index contributed by atoms with van der Waals surface area (Å²) >= 11 is 0. The van der Waals surface area contributed by atoms with E-state index in [-0.39, 0.29) is 23.3 Å². The number of aliphatic hydroxyl groups excluding tert-OH is 8. The van der Waals surface area contributed by atoms with Crippen molar-refractivity contribution >= 4 is 69.6 Å². The maximum absolute atomic E-state index is 12.7. The van der Waals surface area contributed by atoms with Gasteiger partial charge in [-0.15, -0.1) is 0 Å². The van der Waals surface area contributed by atoms with Crippen molar-refractivity contribution in [3.63, 3.8) is 0 Å². The van der Waals surface area contributed by atoms with Crippen LogP contribution in [0.3, 0.4) is 0 Å². The molecule has 22 nitrogen and oxygen atoms in total. The number of rotatable bonds is 14. The molecule has 0 aliphatic carbocycles. The minimum atomic E-state index is -1.65. The number of nitrogens with one attached hydrogen (secondary N) is 4. The molecule has 434 valence electrons. The second kappa shape index (κ2) is 24.0. The molecule has 11 rings (SSSR count). The molecule has 4 aliphatic rings. The summed E-state index contributed by atoms with van der Waals surface area (Å²) in [5.41, 5.74) is 23.2. The maximum Gasteiger partial charge on any atom is 0.240 e. The zero-order valence-electron chi connectivity index (χ0n) is 45.3. The van der Waals surface area contributed by atoms with Crippen molar-refractivity contribution in [3.8, 4) is 56.0 Å². The average molecular weight is 1140 g/mol. The molecular formula is C62H62N8O14. The fraction of sp³-hybridized carbons (Fsp3) is 0.258. The quantitative estimate of drug-likeness (QED) is 0.0723. The molecule has 2 amide bonds. The Morgan fingerprint density at radius 3 is 1.02 bits per heavy atom. The molecule has 0 saturated carbocycles. The van der Waals surface area contributed by atoms with Crippen LogP contribution < -0.4 is 31.6 Å². The van der Waals surface area contributed by atoms with Gasteiger partial charge >= 0.3 is 0 Å². The van der Waals surface area contributed by atoms with E-state index in [2.05, 4.69) is 20.6 Å². The van der Waals surface area contributed by atoms with Crippen LogP contribution in [-0.2, 0) is 19.1 Å². The van der Waals surface area contributed by atoms with Crippen LogP contribution in [0.1, 0.15) is 36.6 Å². The number of nitrogens with two attached hydrogens (primary N) is 2. The highest BCUT2D eigenvalue weighted by Gasteiger charge is 2.46. The highest BCUT2D eigenvalue weighted by molar-refractivity contribution is 6.01. The van der Waals surface area contributed by atoms with E-state index in [9.17, 15) is 50.4 Å². The van der Waals surface area contributed by atoms with Gasteiger partial charge in [-0.3, -0.25) is 9.59 Å². The molecule has 16 N–H and O–H groups in total. The highest BCUT2D eigenvalue weighted by atomic mass is 16.7. The Bertz CT molecular complexity index is 3570. The van der Waals surface area contributed by atoms with Crippen LogP contribution >= 0.6 is 0 Å². The molecule has 2 saturated heterocycles. The van der Waals surface area contributed by atoms with Gasteiger partial charge in [-0.2, -0.15) is 0 Å². The van der Waals surface area contributed by atoms with E-state index in [1.165, 1.54) is 0 Å². The van der Waals surface area contributed by atoms with Gasteiger partial charge in [-0.1, -0.05) is 48.5 Å². The van der Waals surface area contributed by atoms with E-state index in [1.807, 2.05) is 72.8 Å². The first-order valence-corrected chi connectivity index (χ1v) is 27.1. The minimum absolute atomic E-state index is 0.242. The van der Waals surface area contributed by atoms with Crippen molar-refractivity contribution in [1.82, 2.24) is 19.9 Å². The van der Waals surface area contributed by atoms with Gasteiger partial charge < -0.3 is 91.9 Å². The first-order chi connectivity index (χ1) is 40.5. The number of carbonyl (C=O) groups excluding carboxylic acids is 2. The summed E-state index contributed by atoms with van der Waals surface area (Å²) < 4.78 is 23.3. The number of amides is 2. The molecule has 4 aromatic carbocycles. The Balaban J connectivity index is 1.12. The third kappa shape index (κ3) is 11.5.